The van der Waals surface area contributed by atoms with Crippen LogP contribution in [0.2, 0.25) is 0 Å². The zero-order valence-corrected chi connectivity index (χ0v) is 11.0. The van der Waals surface area contributed by atoms with E-state index in [1.165, 1.54) is 12.2 Å². The molecule has 0 saturated carbocycles. The molecule has 1 aliphatic carbocycles. The van der Waals surface area contributed by atoms with Gasteiger partial charge in [-0.2, -0.15) is 4.40 Å². The predicted octanol–water partition coefficient (Wildman–Crippen LogP) is 1.53. The summed E-state index contributed by atoms with van der Waals surface area (Å²) < 4.78 is 25.6. The van der Waals surface area contributed by atoms with E-state index in [-0.39, 0.29) is 20.5 Å². The van der Waals surface area contributed by atoms with E-state index in [4.69, 9.17) is 0 Å². The van der Waals surface area contributed by atoms with Gasteiger partial charge in [0.2, 0.25) is 5.78 Å². The molecule has 0 bridgehead atoms. The number of halogens is 2. The molecule has 1 rings (SSSR count). The zero-order chi connectivity index (χ0) is 10.9. The molecule has 7 heteroatoms. The Bertz CT molecular complexity index is 449. The van der Waals surface area contributed by atoms with E-state index >= 15 is 0 Å². The van der Waals surface area contributed by atoms with Crippen molar-refractivity contribution in [2.24, 2.45) is 4.40 Å². The van der Waals surface area contributed by atoms with Gasteiger partial charge in [0, 0.05) is 0 Å². The summed E-state index contributed by atoms with van der Waals surface area (Å²) >= 11 is 6.01. The van der Waals surface area contributed by atoms with Crippen LogP contribution in [0, 0.1) is 0 Å². The van der Waals surface area contributed by atoms with Crippen LogP contribution in [0.3, 0.4) is 0 Å². The van der Waals surface area contributed by atoms with Crippen molar-refractivity contribution in [3.63, 3.8) is 0 Å². The molecule has 0 atom stereocenters. The molecule has 0 N–H and O–H groups in total. The Morgan fingerprint density at radius 2 is 1.64 bits per heavy atom. The second-order valence-corrected chi connectivity index (χ2v) is 5.92. The first-order chi connectivity index (χ1) is 6.29. The van der Waals surface area contributed by atoms with Gasteiger partial charge < -0.3 is 0 Å². The van der Waals surface area contributed by atoms with Crippen LogP contribution in [0.5, 0.6) is 0 Å². The van der Waals surface area contributed by atoms with E-state index in [1.54, 1.807) is 0 Å². The van der Waals surface area contributed by atoms with Crippen LogP contribution in [-0.4, -0.2) is 26.2 Å². The highest BCUT2D eigenvalue weighted by molar-refractivity contribution is 9.13. The molecule has 76 valence electrons. The molecule has 4 nitrogen and oxygen atoms in total. The van der Waals surface area contributed by atoms with Crippen LogP contribution in [-0.2, 0) is 14.8 Å². The first-order valence-corrected chi connectivity index (χ1v) is 6.82. The van der Waals surface area contributed by atoms with Crippen LogP contribution in [0.4, 0.5) is 0 Å². The zero-order valence-electron chi connectivity index (χ0n) is 6.99. The molecule has 0 aromatic heterocycles. The van der Waals surface area contributed by atoms with Gasteiger partial charge in [-0.15, -0.1) is 0 Å². The standard InChI is InChI=1S/C7H5Br2NO3S/c1-14(12,13)10-4-2-5(8)7(11)6(9)3-4/h2-3H,1H3. The number of hydrogen-bond acceptors (Lipinski definition) is 3. The number of carbonyl (C=O) groups is 1. The normalized spacial score (nSPS) is 17.6. The van der Waals surface area contributed by atoms with Crippen LogP contribution in [0.1, 0.15) is 0 Å². The van der Waals surface area contributed by atoms with Gasteiger partial charge >= 0.3 is 0 Å². The summed E-state index contributed by atoms with van der Waals surface area (Å²) in [5, 5.41) is 0. The minimum Gasteiger partial charge on any atom is -0.287 e. The lowest BCUT2D eigenvalue weighted by Crippen LogP contribution is -2.08. The fourth-order valence-electron chi connectivity index (χ4n) is 0.791. The fraction of sp³-hybridized carbons (Fsp3) is 0.143. The highest BCUT2D eigenvalue weighted by Gasteiger charge is 2.17. The Balaban J connectivity index is 3.20. The lowest BCUT2D eigenvalue weighted by Gasteiger charge is -2.05. The van der Waals surface area contributed by atoms with E-state index in [0.29, 0.717) is 0 Å². The number of rotatable bonds is 1. The topological polar surface area (TPSA) is 63.6 Å². The molecular formula is C7H5Br2NO3S. The van der Waals surface area contributed by atoms with Crippen LogP contribution >= 0.6 is 31.9 Å². The molecule has 1 aliphatic rings. The largest absolute Gasteiger partial charge is 0.287 e. The van der Waals surface area contributed by atoms with Crippen LogP contribution in [0.25, 0.3) is 0 Å². The average molecular weight is 343 g/mol. The van der Waals surface area contributed by atoms with Crippen molar-refractivity contribution in [3.05, 3.63) is 21.1 Å². The predicted molar refractivity (Wildman–Crippen MR) is 61.3 cm³/mol. The maximum absolute atomic E-state index is 11.2. The van der Waals surface area contributed by atoms with Gasteiger partial charge in [-0.25, -0.2) is 8.42 Å². The Morgan fingerprint density at radius 3 is 2.00 bits per heavy atom. The highest BCUT2D eigenvalue weighted by Crippen LogP contribution is 2.22. The quantitative estimate of drug-likeness (QED) is 0.679. The first-order valence-electron chi connectivity index (χ1n) is 3.38. The second-order valence-electron chi connectivity index (χ2n) is 2.56. The molecule has 0 saturated heterocycles. The van der Waals surface area contributed by atoms with E-state index in [2.05, 4.69) is 36.3 Å². The summed E-state index contributed by atoms with van der Waals surface area (Å²) in [5.41, 5.74) is 0.214. The molecule has 0 aromatic rings. The summed E-state index contributed by atoms with van der Waals surface area (Å²) in [6.07, 6.45) is 3.70. The lowest BCUT2D eigenvalue weighted by molar-refractivity contribution is -0.110. The number of hydrogen-bond donors (Lipinski definition) is 0. The SMILES string of the molecule is CS(=O)(=O)N=C1C=C(Br)C(=O)C(Br)=C1. The number of ketones is 1. The van der Waals surface area contributed by atoms with Crippen molar-refractivity contribution in [2.45, 2.75) is 0 Å². The van der Waals surface area contributed by atoms with Crippen molar-refractivity contribution in [1.82, 2.24) is 0 Å². The van der Waals surface area contributed by atoms with Gasteiger partial charge in [0.05, 0.1) is 20.9 Å². The number of Topliss-reactive ketones (excluding diaryl/α,β-unsaturated/α-hetero) is 1. The Kier molecular flexibility index (Phi) is 3.44. The molecule has 0 aromatic carbocycles. The molecule has 0 aliphatic heterocycles. The third kappa shape index (κ3) is 3.14. The Morgan fingerprint density at radius 1 is 1.21 bits per heavy atom. The third-order valence-electron chi connectivity index (χ3n) is 1.25. The molecule has 0 spiro atoms. The number of allylic oxidation sites excluding steroid dienone is 4. The van der Waals surface area contributed by atoms with Crippen LogP contribution in [0.15, 0.2) is 25.5 Å². The van der Waals surface area contributed by atoms with Gasteiger partial charge in [0.25, 0.3) is 10.0 Å². The first kappa shape index (κ1) is 11.8. The molecule has 0 heterocycles. The van der Waals surface area contributed by atoms with Crippen molar-refractivity contribution in [2.75, 3.05) is 6.26 Å². The Hall–Kier alpha value is -0.270. The van der Waals surface area contributed by atoms with Crippen LogP contribution < -0.4 is 0 Å². The average Bonchev–Trinajstić information content (AvgIpc) is 1.96. The van der Waals surface area contributed by atoms with Gasteiger partial charge in [-0.1, -0.05) is 0 Å². The molecule has 14 heavy (non-hydrogen) atoms. The summed E-state index contributed by atoms with van der Waals surface area (Å²) in [6.45, 7) is 0. The van der Waals surface area contributed by atoms with Crippen molar-refractivity contribution in [1.29, 1.82) is 0 Å². The van der Waals surface area contributed by atoms with E-state index in [0.717, 1.165) is 6.26 Å². The third-order valence-corrected chi connectivity index (χ3v) is 2.97. The van der Waals surface area contributed by atoms with E-state index < -0.39 is 10.0 Å². The maximum atomic E-state index is 11.2. The summed E-state index contributed by atoms with van der Waals surface area (Å²) in [6, 6.07) is 0. The molecule has 0 fully saturated rings. The maximum Gasteiger partial charge on any atom is 0.250 e. The number of nitrogens with zero attached hydrogens (tertiary/aromatic N) is 1. The highest BCUT2D eigenvalue weighted by atomic mass is 79.9. The summed E-state index contributed by atoms with van der Waals surface area (Å²) in [5.74, 6) is -0.238. The fourth-order valence-corrected chi connectivity index (χ4v) is 2.44. The van der Waals surface area contributed by atoms with Crippen molar-refractivity contribution >= 4 is 53.4 Å². The van der Waals surface area contributed by atoms with Crippen molar-refractivity contribution in [3.8, 4) is 0 Å². The minimum atomic E-state index is -3.44. The monoisotopic (exact) mass is 341 g/mol. The van der Waals surface area contributed by atoms with E-state index in [9.17, 15) is 13.2 Å². The summed E-state index contributed by atoms with van der Waals surface area (Å²) in [4.78, 5) is 11.2. The number of carbonyl (C=O) groups excluding carboxylic acids is 1. The summed E-state index contributed by atoms with van der Waals surface area (Å²) in [7, 11) is -3.44. The second kappa shape index (κ2) is 4.08. The minimum absolute atomic E-state index is 0.214. The smallest absolute Gasteiger partial charge is 0.250 e. The van der Waals surface area contributed by atoms with Gasteiger partial charge in [0.1, 0.15) is 0 Å². The van der Waals surface area contributed by atoms with Crippen molar-refractivity contribution < 1.29 is 13.2 Å². The molecule has 0 radical (unpaired) electrons. The van der Waals surface area contributed by atoms with Gasteiger partial charge in [0.15, 0.2) is 0 Å². The van der Waals surface area contributed by atoms with Gasteiger partial charge in [-0.3, -0.25) is 4.79 Å². The molecule has 0 amide bonds. The number of sulfonamides is 1. The van der Waals surface area contributed by atoms with Gasteiger partial charge in [-0.05, 0) is 44.0 Å². The Labute approximate surface area is 98.1 Å². The molecule has 0 unspecified atom stereocenters. The van der Waals surface area contributed by atoms with E-state index in [1.807, 2.05) is 0 Å². The lowest BCUT2D eigenvalue weighted by atomic mass is 10.2. The molecular weight excluding hydrogens is 338 g/mol.